The van der Waals surface area contributed by atoms with Crippen LogP contribution in [-0.2, 0) is 0 Å². The van der Waals surface area contributed by atoms with Gasteiger partial charge in [0.2, 0.25) is 5.75 Å². The predicted octanol–water partition coefficient (Wildman–Crippen LogP) is 1.83. The zero-order chi connectivity index (χ0) is 14.5. The third kappa shape index (κ3) is 2.82. The molecular formula is C13H16N4O3. The maximum Gasteiger partial charge on any atom is 0.203 e. The van der Waals surface area contributed by atoms with E-state index in [2.05, 4.69) is 15.3 Å². The van der Waals surface area contributed by atoms with Crippen molar-refractivity contribution in [2.45, 2.75) is 0 Å². The van der Waals surface area contributed by atoms with Crippen molar-refractivity contribution in [1.29, 1.82) is 0 Å². The van der Waals surface area contributed by atoms with Crippen LogP contribution >= 0.6 is 0 Å². The van der Waals surface area contributed by atoms with E-state index in [9.17, 15) is 0 Å². The quantitative estimate of drug-likeness (QED) is 0.860. The van der Waals surface area contributed by atoms with Crippen LogP contribution in [0, 0.1) is 0 Å². The average Bonchev–Trinajstić information content (AvgIpc) is 2.48. The predicted molar refractivity (Wildman–Crippen MR) is 75.8 cm³/mol. The Morgan fingerprint density at radius 2 is 1.60 bits per heavy atom. The molecule has 0 saturated carbocycles. The molecule has 2 aromatic rings. The van der Waals surface area contributed by atoms with Gasteiger partial charge >= 0.3 is 0 Å². The zero-order valence-corrected chi connectivity index (χ0v) is 11.5. The number of hydrogen-bond donors (Lipinski definition) is 2. The van der Waals surface area contributed by atoms with Crippen LogP contribution in [0.15, 0.2) is 24.5 Å². The highest BCUT2D eigenvalue weighted by molar-refractivity contribution is 5.66. The van der Waals surface area contributed by atoms with Gasteiger partial charge in [-0.15, -0.1) is 0 Å². The average molecular weight is 276 g/mol. The molecule has 0 aliphatic rings. The summed E-state index contributed by atoms with van der Waals surface area (Å²) in [5.74, 6) is 2.56. The molecule has 7 heteroatoms. The summed E-state index contributed by atoms with van der Waals surface area (Å²) < 4.78 is 15.8. The third-order valence-corrected chi connectivity index (χ3v) is 2.61. The molecule has 0 aliphatic carbocycles. The number of nitrogen functional groups attached to an aromatic ring is 1. The molecular weight excluding hydrogens is 260 g/mol. The van der Waals surface area contributed by atoms with Crippen LogP contribution in [-0.4, -0.2) is 31.3 Å². The number of rotatable bonds is 5. The Morgan fingerprint density at radius 1 is 0.950 bits per heavy atom. The van der Waals surface area contributed by atoms with Gasteiger partial charge in [0.1, 0.15) is 11.6 Å². The molecule has 1 heterocycles. The maximum absolute atomic E-state index is 5.49. The van der Waals surface area contributed by atoms with E-state index in [1.54, 1.807) is 39.7 Å². The van der Waals surface area contributed by atoms with Crippen LogP contribution in [0.2, 0.25) is 0 Å². The molecule has 3 N–H and O–H groups in total. The molecule has 20 heavy (non-hydrogen) atoms. The summed E-state index contributed by atoms with van der Waals surface area (Å²) in [5.41, 5.74) is 6.23. The van der Waals surface area contributed by atoms with E-state index in [4.69, 9.17) is 19.9 Å². The van der Waals surface area contributed by atoms with Gasteiger partial charge in [-0.3, -0.25) is 0 Å². The Labute approximate surface area is 116 Å². The number of ether oxygens (including phenoxy) is 3. The molecule has 0 atom stereocenters. The fraction of sp³-hybridized carbons (Fsp3) is 0.231. The van der Waals surface area contributed by atoms with E-state index in [1.807, 2.05) is 0 Å². The van der Waals surface area contributed by atoms with Crippen molar-refractivity contribution in [2.24, 2.45) is 0 Å². The molecule has 0 radical (unpaired) electrons. The van der Waals surface area contributed by atoms with E-state index < -0.39 is 0 Å². The van der Waals surface area contributed by atoms with Gasteiger partial charge in [-0.25, -0.2) is 9.97 Å². The second-order valence-corrected chi connectivity index (χ2v) is 3.87. The first-order chi connectivity index (χ1) is 9.67. The van der Waals surface area contributed by atoms with Gasteiger partial charge < -0.3 is 25.3 Å². The summed E-state index contributed by atoms with van der Waals surface area (Å²) in [7, 11) is 4.67. The number of nitrogens with one attached hydrogen (secondary N) is 1. The lowest BCUT2D eigenvalue weighted by molar-refractivity contribution is 0.324. The molecule has 0 fully saturated rings. The SMILES string of the molecule is COc1cc(Nc2cnc(N)cn2)cc(OC)c1OC. The van der Waals surface area contributed by atoms with Crippen molar-refractivity contribution in [3.8, 4) is 17.2 Å². The van der Waals surface area contributed by atoms with Crippen LogP contribution in [0.25, 0.3) is 0 Å². The van der Waals surface area contributed by atoms with Crippen LogP contribution < -0.4 is 25.3 Å². The molecule has 1 aromatic carbocycles. The van der Waals surface area contributed by atoms with Gasteiger partial charge in [0.05, 0.1) is 33.7 Å². The number of benzene rings is 1. The van der Waals surface area contributed by atoms with Crippen molar-refractivity contribution in [3.63, 3.8) is 0 Å². The van der Waals surface area contributed by atoms with Crippen LogP contribution in [0.5, 0.6) is 17.2 Å². The first-order valence-electron chi connectivity index (χ1n) is 5.82. The highest BCUT2D eigenvalue weighted by Gasteiger charge is 2.13. The molecule has 0 unspecified atom stereocenters. The van der Waals surface area contributed by atoms with Gasteiger partial charge in [0, 0.05) is 17.8 Å². The number of anilines is 3. The molecule has 0 spiro atoms. The smallest absolute Gasteiger partial charge is 0.203 e. The van der Waals surface area contributed by atoms with E-state index >= 15 is 0 Å². The number of hydrogen-bond acceptors (Lipinski definition) is 7. The van der Waals surface area contributed by atoms with Crippen LogP contribution in [0.4, 0.5) is 17.3 Å². The molecule has 0 saturated heterocycles. The molecule has 0 amide bonds. The van der Waals surface area contributed by atoms with Crippen molar-refractivity contribution >= 4 is 17.3 Å². The minimum absolute atomic E-state index is 0.362. The highest BCUT2D eigenvalue weighted by Crippen LogP contribution is 2.40. The van der Waals surface area contributed by atoms with E-state index in [-0.39, 0.29) is 0 Å². The molecule has 1 aromatic heterocycles. The fourth-order valence-corrected chi connectivity index (χ4v) is 1.70. The molecule has 7 nitrogen and oxygen atoms in total. The number of nitrogens with two attached hydrogens (primary N) is 1. The van der Waals surface area contributed by atoms with Crippen molar-refractivity contribution in [2.75, 3.05) is 32.4 Å². The number of nitrogens with zero attached hydrogens (tertiary/aromatic N) is 2. The first kappa shape index (κ1) is 13.7. The van der Waals surface area contributed by atoms with E-state index in [0.29, 0.717) is 28.9 Å². The van der Waals surface area contributed by atoms with Crippen LogP contribution in [0.1, 0.15) is 0 Å². The summed E-state index contributed by atoms with van der Waals surface area (Å²) in [6.45, 7) is 0. The van der Waals surface area contributed by atoms with E-state index in [1.165, 1.54) is 6.20 Å². The van der Waals surface area contributed by atoms with Crippen LogP contribution in [0.3, 0.4) is 0 Å². The Kier molecular flexibility index (Phi) is 4.09. The Bertz CT molecular complexity index is 562. The Balaban J connectivity index is 2.34. The Hall–Kier alpha value is -2.70. The molecule has 0 bridgehead atoms. The van der Waals surface area contributed by atoms with Crippen molar-refractivity contribution < 1.29 is 14.2 Å². The number of aromatic nitrogens is 2. The third-order valence-electron chi connectivity index (χ3n) is 2.61. The minimum atomic E-state index is 0.362. The fourth-order valence-electron chi connectivity index (χ4n) is 1.70. The first-order valence-corrected chi connectivity index (χ1v) is 5.82. The van der Waals surface area contributed by atoms with Gasteiger partial charge in [-0.05, 0) is 0 Å². The summed E-state index contributed by atoms with van der Waals surface area (Å²) in [6.07, 6.45) is 3.01. The lowest BCUT2D eigenvalue weighted by atomic mass is 10.2. The maximum atomic E-state index is 5.49. The summed E-state index contributed by atoms with van der Waals surface area (Å²) >= 11 is 0. The van der Waals surface area contributed by atoms with E-state index in [0.717, 1.165) is 5.69 Å². The zero-order valence-electron chi connectivity index (χ0n) is 11.5. The summed E-state index contributed by atoms with van der Waals surface area (Å²) in [4.78, 5) is 8.08. The second kappa shape index (κ2) is 5.96. The molecule has 106 valence electrons. The standard InChI is InChI=1S/C13H16N4O3/c1-18-9-4-8(5-10(19-2)13(9)20-3)17-12-7-15-11(14)6-16-12/h4-7H,1-3H3,(H2,14,15)(H,16,17). The second-order valence-electron chi connectivity index (χ2n) is 3.87. The minimum Gasteiger partial charge on any atom is -0.493 e. The lowest BCUT2D eigenvalue weighted by Crippen LogP contribution is -2.00. The van der Waals surface area contributed by atoms with Gasteiger partial charge in [0.15, 0.2) is 11.5 Å². The van der Waals surface area contributed by atoms with Gasteiger partial charge in [-0.1, -0.05) is 0 Å². The van der Waals surface area contributed by atoms with Gasteiger partial charge in [0.25, 0.3) is 0 Å². The monoisotopic (exact) mass is 276 g/mol. The highest BCUT2D eigenvalue weighted by atomic mass is 16.5. The summed E-state index contributed by atoms with van der Waals surface area (Å²) in [6, 6.07) is 3.55. The topological polar surface area (TPSA) is 91.5 Å². The van der Waals surface area contributed by atoms with Crippen molar-refractivity contribution in [1.82, 2.24) is 9.97 Å². The molecule has 2 rings (SSSR count). The van der Waals surface area contributed by atoms with Gasteiger partial charge in [-0.2, -0.15) is 0 Å². The lowest BCUT2D eigenvalue weighted by Gasteiger charge is -2.14. The molecule has 0 aliphatic heterocycles. The summed E-state index contributed by atoms with van der Waals surface area (Å²) in [5, 5.41) is 3.09. The largest absolute Gasteiger partial charge is 0.493 e. The van der Waals surface area contributed by atoms with Crippen molar-refractivity contribution in [3.05, 3.63) is 24.5 Å². The number of methoxy groups -OCH3 is 3. The Morgan fingerprint density at radius 3 is 2.05 bits per heavy atom. The normalized spacial score (nSPS) is 9.95.